The van der Waals surface area contributed by atoms with Gasteiger partial charge in [0.25, 0.3) is 0 Å². The summed E-state index contributed by atoms with van der Waals surface area (Å²) in [5.74, 6) is 1.66. The molecule has 94 valence electrons. The van der Waals surface area contributed by atoms with Crippen LogP contribution in [0.1, 0.15) is 19.8 Å². The summed E-state index contributed by atoms with van der Waals surface area (Å²) in [4.78, 5) is 11.4. The molecule has 16 heavy (non-hydrogen) atoms. The van der Waals surface area contributed by atoms with Gasteiger partial charge in [0.05, 0.1) is 12.7 Å². The number of rotatable bonds is 6. The van der Waals surface area contributed by atoms with Crippen LogP contribution in [0.15, 0.2) is 0 Å². The predicted octanol–water partition coefficient (Wildman–Crippen LogP) is 0.559. The summed E-state index contributed by atoms with van der Waals surface area (Å²) in [6.07, 6.45) is 2.10. The Bertz CT molecular complexity index is 234. The van der Waals surface area contributed by atoms with Gasteiger partial charge in [-0.25, -0.2) is 0 Å². The monoisotopic (exact) mass is 248 g/mol. The number of nitrogens with one attached hydrogen (secondary N) is 2. The molecule has 4 nitrogen and oxygen atoms in total. The Kier molecular flexibility index (Phi) is 5.52. The van der Waals surface area contributed by atoms with Crippen molar-refractivity contribution in [2.75, 3.05) is 26.2 Å². The molecule has 0 aromatic rings. The van der Waals surface area contributed by atoms with Gasteiger partial charge >= 0.3 is 0 Å². The second kappa shape index (κ2) is 6.42. The average Bonchev–Trinajstić information content (AvgIpc) is 2.83. The number of hydrogen-bond donors (Lipinski definition) is 2. The maximum Gasteiger partial charge on any atom is 0.222 e. The topological polar surface area (TPSA) is 50.4 Å². The standard InChI is InChI=1S/C11H20N2O2.ClH/c1-8-4-9(8)5-13-11(14)2-3-15-10-6-12-7-10;/h8-10,12H,2-7H2,1H3,(H,13,14);1H. The lowest BCUT2D eigenvalue weighted by atomic mass is 10.2. The maximum absolute atomic E-state index is 11.4. The van der Waals surface area contributed by atoms with Gasteiger partial charge in [0.1, 0.15) is 0 Å². The van der Waals surface area contributed by atoms with E-state index in [-0.39, 0.29) is 18.3 Å². The molecule has 1 heterocycles. The lowest BCUT2D eigenvalue weighted by Crippen LogP contribution is -2.48. The van der Waals surface area contributed by atoms with E-state index in [1.807, 2.05) is 0 Å². The highest BCUT2D eigenvalue weighted by Gasteiger charge is 2.32. The second-order valence-electron chi connectivity index (χ2n) is 4.68. The van der Waals surface area contributed by atoms with Crippen molar-refractivity contribution in [3.63, 3.8) is 0 Å². The molecule has 1 saturated carbocycles. The van der Waals surface area contributed by atoms with Crippen molar-refractivity contribution in [3.8, 4) is 0 Å². The summed E-state index contributed by atoms with van der Waals surface area (Å²) in [6, 6.07) is 0. The molecule has 2 unspecified atom stereocenters. The van der Waals surface area contributed by atoms with Gasteiger partial charge in [-0.15, -0.1) is 12.4 Å². The van der Waals surface area contributed by atoms with Gasteiger partial charge in [0.2, 0.25) is 5.91 Å². The Labute approximate surface area is 103 Å². The van der Waals surface area contributed by atoms with E-state index in [1.54, 1.807) is 0 Å². The van der Waals surface area contributed by atoms with Gasteiger partial charge < -0.3 is 15.4 Å². The van der Waals surface area contributed by atoms with Crippen LogP contribution in [0.25, 0.3) is 0 Å². The van der Waals surface area contributed by atoms with Crippen molar-refractivity contribution in [1.29, 1.82) is 0 Å². The van der Waals surface area contributed by atoms with Crippen LogP contribution in [0.4, 0.5) is 0 Å². The highest BCUT2D eigenvalue weighted by Crippen LogP contribution is 2.36. The predicted molar refractivity (Wildman–Crippen MR) is 64.8 cm³/mol. The highest BCUT2D eigenvalue weighted by atomic mass is 35.5. The van der Waals surface area contributed by atoms with Crippen LogP contribution in [0.2, 0.25) is 0 Å². The van der Waals surface area contributed by atoms with Gasteiger partial charge in [-0.2, -0.15) is 0 Å². The number of hydrogen-bond acceptors (Lipinski definition) is 3. The minimum absolute atomic E-state index is 0. The lowest BCUT2D eigenvalue weighted by Gasteiger charge is -2.26. The molecule has 1 amide bonds. The van der Waals surface area contributed by atoms with Crippen molar-refractivity contribution >= 4 is 18.3 Å². The molecular weight excluding hydrogens is 228 g/mol. The second-order valence-corrected chi connectivity index (χ2v) is 4.68. The molecule has 2 fully saturated rings. The fourth-order valence-electron chi connectivity index (χ4n) is 1.72. The van der Waals surface area contributed by atoms with Crippen molar-refractivity contribution in [1.82, 2.24) is 10.6 Å². The van der Waals surface area contributed by atoms with E-state index in [1.165, 1.54) is 6.42 Å². The zero-order valence-electron chi connectivity index (χ0n) is 9.70. The number of halogens is 1. The van der Waals surface area contributed by atoms with Gasteiger partial charge in [-0.3, -0.25) is 4.79 Å². The first-order valence-corrected chi connectivity index (χ1v) is 5.84. The summed E-state index contributed by atoms with van der Waals surface area (Å²) in [5.41, 5.74) is 0. The van der Waals surface area contributed by atoms with Crippen LogP contribution in [0.5, 0.6) is 0 Å². The molecule has 0 spiro atoms. The van der Waals surface area contributed by atoms with Crippen molar-refractivity contribution in [3.05, 3.63) is 0 Å². The van der Waals surface area contributed by atoms with Gasteiger partial charge in [0, 0.05) is 26.1 Å². The summed E-state index contributed by atoms with van der Waals surface area (Å²) in [6.45, 7) is 5.50. The molecule has 2 aliphatic rings. The number of ether oxygens (including phenoxy) is 1. The molecule has 0 bridgehead atoms. The summed E-state index contributed by atoms with van der Waals surface area (Å²) >= 11 is 0. The largest absolute Gasteiger partial charge is 0.375 e. The van der Waals surface area contributed by atoms with E-state index in [0.717, 1.165) is 31.5 Å². The van der Waals surface area contributed by atoms with Gasteiger partial charge in [-0.1, -0.05) is 6.92 Å². The molecular formula is C11H21ClN2O2. The Morgan fingerprint density at radius 2 is 2.19 bits per heavy atom. The van der Waals surface area contributed by atoms with E-state index >= 15 is 0 Å². The third-order valence-corrected chi connectivity index (χ3v) is 3.26. The molecule has 2 rings (SSSR count). The Morgan fingerprint density at radius 1 is 1.50 bits per heavy atom. The fraction of sp³-hybridized carbons (Fsp3) is 0.909. The zero-order chi connectivity index (χ0) is 10.7. The molecule has 0 aromatic carbocycles. The average molecular weight is 249 g/mol. The Morgan fingerprint density at radius 3 is 2.69 bits per heavy atom. The SMILES string of the molecule is CC1CC1CNC(=O)CCOC1CNC1.Cl. The first kappa shape index (κ1) is 13.7. The molecule has 1 aliphatic carbocycles. The first-order valence-electron chi connectivity index (χ1n) is 5.84. The van der Waals surface area contributed by atoms with Crippen LogP contribution in [-0.2, 0) is 9.53 Å². The smallest absolute Gasteiger partial charge is 0.222 e. The van der Waals surface area contributed by atoms with Gasteiger partial charge in [0.15, 0.2) is 0 Å². The van der Waals surface area contributed by atoms with E-state index in [4.69, 9.17) is 4.74 Å². The van der Waals surface area contributed by atoms with Crippen molar-refractivity contribution in [2.45, 2.75) is 25.9 Å². The van der Waals surface area contributed by atoms with E-state index in [9.17, 15) is 4.79 Å². The number of carbonyl (C=O) groups is 1. The number of amides is 1. The minimum Gasteiger partial charge on any atom is -0.375 e. The Balaban J connectivity index is 0.00000128. The molecule has 0 radical (unpaired) electrons. The molecule has 1 saturated heterocycles. The highest BCUT2D eigenvalue weighted by molar-refractivity contribution is 5.85. The zero-order valence-corrected chi connectivity index (χ0v) is 10.5. The normalized spacial score (nSPS) is 27.8. The minimum atomic E-state index is 0. The third kappa shape index (κ3) is 4.28. The van der Waals surface area contributed by atoms with E-state index in [0.29, 0.717) is 19.1 Å². The molecule has 2 atom stereocenters. The van der Waals surface area contributed by atoms with Gasteiger partial charge in [-0.05, 0) is 18.3 Å². The van der Waals surface area contributed by atoms with E-state index < -0.39 is 0 Å². The maximum atomic E-state index is 11.4. The van der Waals surface area contributed by atoms with E-state index in [2.05, 4.69) is 17.6 Å². The summed E-state index contributed by atoms with van der Waals surface area (Å²) in [7, 11) is 0. The summed E-state index contributed by atoms with van der Waals surface area (Å²) < 4.78 is 5.47. The van der Waals surface area contributed by atoms with Crippen molar-refractivity contribution in [2.24, 2.45) is 11.8 Å². The van der Waals surface area contributed by atoms with Crippen LogP contribution >= 0.6 is 12.4 Å². The van der Waals surface area contributed by atoms with Crippen LogP contribution < -0.4 is 10.6 Å². The molecule has 5 heteroatoms. The third-order valence-electron chi connectivity index (χ3n) is 3.26. The summed E-state index contributed by atoms with van der Waals surface area (Å²) in [5, 5.41) is 6.08. The number of carbonyl (C=O) groups excluding carboxylic acids is 1. The molecule has 0 aromatic heterocycles. The van der Waals surface area contributed by atoms with Crippen LogP contribution in [0.3, 0.4) is 0 Å². The lowest BCUT2D eigenvalue weighted by molar-refractivity contribution is -0.122. The first-order chi connectivity index (χ1) is 7.25. The Hall–Kier alpha value is -0.320. The fourth-order valence-corrected chi connectivity index (χ4v) is 1.72. The van der Waals surface area contributed by atoms with Crippen molar-refractivity contribution < 1.29 is 9.53 Å². The quantitative estimate of drug-likeness (QED) is 0.722. The molecule has 1 aliphatic heterocycles. The molecule has 2 N–H and O–H groups in total. The van der Waals surface area contributed by atoms with Crippen LogP contribution in [0, 0.1) is 11.8 Å². The van der Waals surface area contributed by atoms with Crippen LogP contribution in [-0.4, -0.2) is 38.3 Å².